The molecule has 0 aromatic rings. The van der Waals surface area contributed by atoms with Gasteiger partial charge in [-0.2, -0.15) is 0 Å². The minimum atomic E-state index is -0.520. The maximum atomic E-state index is 13.5. The summed E-state index contributed by atoms with van der Waals surface area (Å²) in [6, 6.07) is -0.520. The predicted octanol–water partition coefficient (Wildman–Crippen LogP) is 7.73. The Morgan fingerprint density at radius 3 is 2.31 bits per heavy atom. The first kappa shape index (κ1) is 24.3. The van der Waals surface area contributed by atoms with Crippen LogP contribution in [-0.2, 0) is 9.53 Å². The molecule has 1 saturated heterocycles. The van der Waals surface area contributed by atoms with Crippen LogP contribution in [0, 0.1) is 56.2 Å². The van der Waals surface area contributed by atoms with E-state index in [-0.39, 0.29) is 27.4 Å². The zero-order valence-corrected chi connectivity index (χ0v) is 23.2. The van der Waals surface area contributed by atoms with Crippen LogP contribution in [0.2, 0.25) is 0 Å². The number of nitrogens with zero attached hydrogens (tertiary/aromatic N) is 3. The molecule has 0 spiro atoms. The molecule has 6 fully saturated rings. The molecule has 0 radical (unpaired) electrons. The minimum absolute atomic E-state index is 0.0144. The number of ketones is 1. The summed E-state index contributed by atoms with van der Waals surface area (Å²) in [5, 5.41) is 4.04. The summed E-state index contributed by atoms with van der Waals surface area (Å²) in [5.74, 6) is 2.57. The van der Waals surface area contributed by atoms with Crippen LogP contribution < -0.4 is 0 Å². The van der Waals surface area contributed by atoms with Gasteiger partial charge in [-0.05, 0) is 113 Å². The Kier molecular flexibility index (Phi) is 4.91. The van der Waals surface area contributed by atoms with Crippen LogP contribution in [0.15, 0.2) is 5.11 Å². The number of carbonyl (C=O) groups is 1. The van der Waals surface area contributed by atoms with Gasteiger partial charge in [0.15, 0.2) is 0 Å². The Hall–Kier alpha value is -1.06. The molecule has 1 heterocycles. The van der Waals surface area contributed by atoms with E-state index in [9.17, 15) is 10.3 Å². The highest BCUT2D eigenvalue weighted by molar-refractivity contribution is 5.87. The lowest BCUT2D eigenvalue weighted by atomic mass is 9.31. The molecule has 0 N–H and O–H groups in total. The van der Waals surface area contributed by atoms with Crippen molar-refractivity contribution >= 4 is 5.78 Å². The molecule has 35 heavy (non-hydrogen) atoms. The second kappa shape index (κ2) is 7.07. The highest BCUT2D eigenvalue weighted by atomic mass is 16.5. The fraction of sp³-hybridized carbons (Fsp3) is 0.967. The maximum Gasteiger partial charge on any atom is 0.142 e. The predicted molar refractivity (Wildman–Crippen MR) is 138 cm³/mol. The number of hydrogen-bond acceptors (Lipinski definition) is 3. The third-order valence-corrected chi connectivity index (χ3v) is 14.0. The molecule has 0 aromatic heterocycles. The van der Waals surface area contributed by atoms with Gasteiger partial charge < -0.3 is 4.74 Å². The quantitative estimate of drug-likeness (QED) is 0.218. The van der Waals surface area contributed by atoms with Gasteiger partial charge in [-0.15, -0.1) is 0 Å². The summed E-state index contributed by atoms with van der Waals surface area (Å²) in [7, 11) is 0. The second-order valence-corrected chi connectivity index (χ2v) is 15.8. The molecular weight excluding hydrogens is 434 g/mol. The fourth-order valence-corrected chi connectivity index (χ4v) is 12.1. The van der Waals surface area contributed by atoms with Crippen molar-refractivity contribution in [1.29, 1.82) is 0 Å². The smallest absolute Gasteiger partial charge is 0.142 e. The van der Waals surface area contributed by atoms with E-state index in [1.807, 2.05) is 0 Å². The van der Waals surface area contributed by atoms with Gasteiger partial charge >= 0.3 is 0 Å². The molecule has 5 saturated carbocycles. The third kappa shape index (κ3) is 2.76. The summed E-state index contributed by atoms with van der Waals surface area (Å²) in [4.78, 5) is 16.6. The van der Waals surface area contributed by atoms with Crippen molar-refractivity contribution in [3.63, 3.8) is 0 Å². The number of ether oxygens (including phenoxy) is 1. The first-order valence-electron chi connectivity index (χ1n) is 14.5. The van der Waals surface area contributed by atoms with Gasteiger partial charge in [-0.3, -0.25) is 4.79 Å². The number of azide groups is 1. The average molecular weight is 482 g/mol. The monoisotopic (exact) mass is 481 g/mol. The van der Waals surface area contributed by atoms with E-state index in [4.69, 9.17) is 4.74 Å². The van der Waals surface area contributed by atoms with Gasteiger partial charge in [0.1, 0.15) is 11.8 Å². The van der Waals surface area contributed by atoms with Crippen LogP contribution in [0.1, 0.15) is 106 Å². The van der Waals surface area contributed by atoms with Crippen LogP contribution in [0.4, 0.5) is 0 Å². The van der Waals surface area contributed by atoms with Gasteiger partial charge in [-0.25, -0.2) is 0 Å². The molecule has 0 aromatic carbocycles. The molecule has 6 rings (SSSR count). The lowest BCUT2D eigenvalue weighted by Gasteiger charge is -2.73. The molecule has 194 valence electrons. The molecule has 6 aliphatic rings. The lowest BCUT2D eigenvalue weighted by molar-refractivity contribution is -0.241. The zero-order chi connectivity index (χ0) is 25.2. The van der Waals surface area contributed by atoms with Crippen molar-refractivity contribution in [3.05, 3.63) is 10.4 Å². The Bertz CT molecular complexity index is 1000. The van der Waals surface area contributed by atoms with Gasteiger partial charge in [0, 0.05) is 11.3 Å². The molecule has 3 unspecified atom stereocenters. The van der Waals surface area contributed by atoms with Crippen molar-refractivity contribution < 1.29 is 9.53 Å². The van der Waals surface area contributed by atoms with Crippen molar-refractivity contribution in [3.8, 4) is 0 Å². The van der Waals surface area contributed by atoms with Gasteiger partial charge in [-0.1, -0.05) is 53.6 Å². The zero-order valence-electron chi connectivity index (χ0n) is 23.2. The third-order valence-electron chi connectivity index (χ3n) is 14.0. The summed E-state index contributed by atoms with van der Waals surface area (Å²) in [5.41, 5.74) is 10.1. The van der Waals surface area contributed by atoms with Crippen molar-refractivity contribution in [2.24, 2.45) is 61.3 Å². The standard InChI is InChI=1S/C30H47N3O2/c1-25(2)12-14-30-15-13-28(6)18(22(30)24(25)35-17-30)8-9-21-27(5)16-19(34)23(32-33-31)26(3,4)20(27)10-11-29(21,28)7/h18,20-24H,8-17H2,1-7H3/t18-,20+,21-,22?,23?,24?,27+,28-,29-,30-/m1/s1. The highest BCUT2D eigenvalue weighted by Crippen LogP contribution is 2.77. The number of Topliss-reactive ketones (excluding diaryl/α,β-unsaturated/α-hetero) is 1. The summed E-state index contributed by atoms with van der Waals surface area (Å²) in [6.07, 6.45) is 11.2. The van der Waals surface area contributed by atoms with Crippen molar-refractivity contribution in [2.75, 3.05) is 6.61 Å². The first-order valence-corrected chi connectivity index (χ1v) is 14.5. The number of hydrogen-bond donors (Lipinski definition) is 0. The van der Waals surface area contributed by atoms with E-state index in [1.54, 1.807) is 0 Å². The van der Waals surface area contributed by atoms with Crippen LogP contribution >= 0.6 is 0 Å². The molecule has 5 nitrogen and oxygen atoms in total. The van der Waals surface area contributed by atoms with Crippen LogP contribution in [0.5, 0.6) is 0 Å². The van der Waals surface area contributed by atoms with E-state index in [0.717, 1.165) is 18.9 Å². The van der Waals surface area contributed by atoms with E-state index < -0.39 is 6.04 Å². The van der Waals surface area contributed by atoms with E-state index in [1.165, 1.54) is 44.9 Å². The topological polar surface area (TPSA) is 75.1 Å². The second-order valence-electron chi connectivity index (χ2n) is 15.8. The minimum Gasteiger partial charge on any atom is -0.377 e. The Balaban J connectivity index is 1.39. The number of fused-ring (bicyclic) bond motifs is 5. The van der Waals surface area contributed by atoms with Gasteiger partial charge in [0.25, 0.3) is 0 Å². The molecule has 2 bridgehead atoms. The average Bonchev–Trinajstić information content (AvgIpc) is 3.10. The molecule has 5 heteroatoms. The largest absolute Gasteiger partial charge is 0.377 e. The molecule has 5 aliphatic carbocycles. The maximum absolute atomic E-state index is 13.5. The first-order chi connectivity index (χ1) is 16.3. The van der Waals surface area contributed by atoms with Crippen LogP contribution in [0.25, 0.3) is 10.4 Å². The Labute approximate surface area is 212 Å². The van der Waals surface area contributed by atoms with Crippen molar-refractivity contribution in [2.45, 2.75) is 118 Å². The van der Waals surface area contributed by atoms with Gasteiger partial charge in [0.2, 0.25) is 0 Å². The summed E-state index contributed by atoms with van der Waals surface area (Å²) >= 11 is 0. The molecular formula is C30H47N3O2. The van der Waals surface area contributed by atoms with Crippen molar-refractivity contribution in [1.82, 2.24) is 0 Å². The SMILES string of the molecule is CC1(C)CC[C@]23CC[C@]4(C)[C@H](CC[C@@H]5[C@@]6(C)CC(=O)C(N=[N+]=[N-])C(C)(C)[C@@H]6CC[C@]54C)C2C1OC3. The highest BCUT2D eigenvalue weighted by Gasteiger charge is 2.73. The Morgan fingerprint density at radius 2 is 1.60 bits per heavy atom. The van der Waals surface area contributed by atoms with E-state index >= 15 is 0 Å². The van der Waals surface area contributed by atoms with E-state index in [0.29, 0.717) is 41.1 Å². The van der Waals surface area contributed by atoms with Gasteiger partial charge in [0.05, 0.1) is 12.7 Å². The normalized spacial score (nSPS) is 55.6. The molecule has 0 amide bonds. The van der Waals surface area contributed by atoms with Crippen LogP contribution in [-0.4, -0.2) is 24.5 Å². The Morgan fingerprint density at radius 1 is 0.886 bits per heavy atom. The fourth-order valence-electron chi connectivity index (χ4n) is 12.1. The number of rotatable bonds is 1. The van der Waals surface area contributed by atoms with Crippen LogP contribution in [0.3, 0.4) is 0 Å². The number of carbonyl (C=O) groups excluding carboxylic acids is 1. The lowest BCUT2D eigenvalue weighted by Crippen LogP contribution is -2.68. The summed E-state index contributed by atoms with van der Waals surface area (Å²) < 4.78 is 6.69. The summed E-state index contributed by atoms with van der Waals surface area (Å²) in [6.45, 7) is 18.0. The molecule has 10 atom stereocenters. The van der Waals surface area contributed by atoms with E-state index in [2.05, 4.69) is 58.5 Å². The molecule has 1 aliphatic heterocycles.